The van der Waals surface area contributed by atoms with Crippen LogP contribution in [0, 0.1) is 11.3 Å². The van der Waals surface area contributed by atoms with E-state index in [1.54, 1.807) is 19.5 Å². The van der Waals surface area contributed by atoms with Crippen LogP contribution in [0.3, 0.4) is 0 Å². The van der Waals surface area contributed by atoms with Gasteiger partial charge in [-0.15, -0.1) is 0 Å². The molecule has 0 radical (unpaired) electrons. The van der Waals surface area contributed by atoms with Gasteiger partial charge in [-0.2, -0.15) is 5.10 Å². The zero-order chi connectivity index (χ0) is 17.0. The second kappa shape index (κ2) is 7.63. The van der Waals surface area contributed by atoms with Gasteiger partial charge in [0.2, 0.25) is 0 Å². The lowest BCUT2D eigenvalue weighted by atomic mass is 9.64. The van der Waals surface area contributed by atoms with E-state index in [9.17, 15) is 9.90 Å². The summed E-state index contributed by atoms with van der Waals surface area (Å²) in [5.41, 5.74) is 0.767. The van der Waals surface area contributed by atoms with Crippen molar-refractivity contribution < 1.29 is 14.6 Å². The van der Waals surface area contributed by atoms with E-state index in [4.69, 9.17) is 4.74 Å². The van der Waals surface area contributed by atoms with E-state index in [-0.39, 0.29) is 23.8 Å². The Morgan fingerprint density at radius 2 is 2.17 bits per heavy atom. The molecule has 7 heteroatoms. The highest BCUT2D eigenvalue weighted by molar-refractivity contribution is 5.93. The number of aliphatic hydroxyl groups excluding tert-OH is 1. The molecule has 3 rings (SSSR count). The molecule has 1 atom stereocenters. The lowest BCUT2D eigenvalue weighted by Gasteiger charge is -2.51. The van der Waals surface area contributed by atoms with Gasteiger partial charge < -0.3 is 19.6 Å². The van der Waals surface area contributed by atoms with Crippen LogP contribution < -0.4 is 0 Å². The molecule has 0 saturated carbocycles. The van der Waals surface area contributed by atoms with E-state index in [1.165, 1.54) is 0 Å². The highest BCUT2D eigenvalue weighted by Crippen LogP contribution is 2.45. The summed E-state index contributed by atoms with van der Waals surface area (Å²) in [6.07, 6.45) is 6.36. The fourth-order valence-corrected chi connectivity index (χ4v) is 4.20. The number of carbonyl (C=O) groups is 1. The number of nitrogens with zero attached hydrogens (tertiary/aromatic N) is 3. The Labute approximate surface area is 143 Å². The molecule has 2 fully saturated rings. The third-order valence-corrected chi connectivity index (χ3v) is 5.90. The number of nitrogens with one attached hydrogen (secondary N) is 1. The molecule has 2 N–H and O–H groups in total. The molecule has 2 aliphatic heterocycles. The number of aromatic amines is 1. The lowest BCUT2D eigenvalue weighted by Crippen LogP contribution is -2.54. The van der Waals surface area contributed by atoms with Crippen molar-refractivity contribution in [2.75, 3.05) is 53.0 Å². The number of H-pyrrole nitrogens is 1. The molecule has 0 bridgehead atoms. The molecule has 3 heterocycles. The summed E-state index contributed by atoms with van der Waals surface area (Å²) in [6, 6.07) is 0. The van der Waals surface area contributed by atoms with Crippen LogP contribution in [0.25, 0.3) is 0 Å². The monoisotopic (exact) mass is 336 g/mol. The average molecular weight is 336 g/mol. The number of carbonyl (C=O) groups excluding carboxylic acids is 1. The number of amides is 1. The molecule has 24 heavy (non-hydrogen) atoms. The van der Waals surface area contributed by atoms with E-state index in [2.05, 4.69) is 15.1 Å². The van der Waals surface area contributed by atoms with Crippen LogP contribution in [0.2, 0.25) is 0 Å². The molecule has 2 aliphatic rings. The molecule has 0 aromatic carbocycles. The van der Waals surface area contributed by atoms with Gasteiger partial charge in [-0.1, -0.05) is 0 Å². The van der Waals surface area contributed by atoms with Crippen LogP contribution in [0.1, 0.15) is 29.6 Å². The van der Waals surface area contributed by atoms with Crippen LogP contribution in [0.4, 0.5) is 0 Å². The van der Waals surface area contributed by atoms with E-state index in [1.807, 2.05) is 4.90 Å². The van der Waals surface area contributed by atoms with Gasteiger partial charge in [-0.25, -0.2) is 0 Å². The Hall–Kier alpha value is -1.44. The van der Waals surface area contributed by atoms with Crippen molar-refractivity contribution in [3.63, 3.8) is 0 Å². The predicted octanol–water partition coefficient (Wildman–Crippen LogP) is 0.593. The molecule has 2 saturated heterocycles. The molecule has 1 spiro atoms. The van der Waals surface area contributed by atoms with E-state index >= 15 is 0 Å². The molecule has 1 aromatic heterocycles. The quantitative estimate of drug-likeness (QED) is 0.823. The number of aliphatic hydroxyl groups is 1. The largest absolute Gasteiger partial charge is 0.396 e. The van der Waals surface area contributed by atoms with Crippen molar-refractivity contribution in [1.29, 1.82) is 0 Å². The summed E-state index contributed by atoms with van der Waals surface area (Å²) in [6.45, 7) is 5.39. The molecular formula is C17H28N4O3. The topological polar surface area (TPSA) is 81.7 Å². The molecular weight excluding hydrogens is 308 g/mol. The first-order chi connectivity index (χ1) is 11.7. The highest BCUT2D eigenvalue weighted by Gasteiger charge is 2.45. The molecule has 0 aliphatic carbocycles. The summed E-state index contributed by atoms with van der Waals surface area (Å²) in [5.74, 6) is 0.168. The zero-order valence-electron chi connectivity index (χ0n) is 14.4. The summed E-state index contributed by atoms with van der Waals surface area (Å²) in [5, 5.41) is 16.5. The second-order valence-electron chi connectivity index (χ2n) is 7.06. The van der Waals surface area contributed by atoms with Gasteiger partial charge in [0.05, 0.1) is 18.4 Å². The van der Waals surface area contributed by atoms with Crippen molar-refractivity contribution >= 4 is 5.91 Å². The lowest BCUT2D eigenvalue weighted by molar-refractivity contribution is -0.0376. The minimum absolute atomic E-state index is 0.00887. The van der Waals surface area contributed by atoms with Crippen LogP contribution in [0.15, 0.2) is 12.4 Å². The predicted molar refractivity (Wildman–Crippen MR) is 89.7 cm³/mol. The van der Waals surface area contributed by atoms with Gasteiger partial charge >= 0.3 is 0 Å². The first-order valence-corrected chi connectivity index (χ1v) is 8.79. The van der Waals surface area contributed by atoms with Crippen molar-refractivity contribution in [2.45, 2.75) is 19.3 Å². The zero-order valence-corrected chi connectivity index (χ0v) is 14.4. The molecule has 7 nitrogen and oxygen atoms in total. The third-order valence-electron chi connectivity index (χ3n) is 5.90. The maximum Gasteiger partial charge on any atom is 0.257 e. The summed E-state index contributed by atoms with van der Waals surface area (Å²) in [7, 11) is 1.74. The van der Waals surface area contributed by atoms with Gasteiger partial charge in [0.1, 0.15) is 0 Å². The van der Waals surface area contributed by atoms with E-state index < -0.39 is 0 Å². The third kappa shape index (κ3) is 3.48. The summed E-state index contributed by atoms with van der Waals surface area (Å²) >= 11 is 0. The number of methoxy groups -OCH3 is 1. The first kappa shape index (κ1) is 17.4. The van der Waals surface area contributed by atoms with Gasteiger partial charge in [0.25, 0.3) is 5.91 Å². The Morgan fingerprint density at radius 1 is 1.42 bits per heavy atom. The van der Waals surface area contributed by atoms with Crippen molar-refractivity contribution in [2.24, 2.45) is 11.3 Å². The van der Waals surface area contributed by atoms with Gasteiger partial charge in [0, 0.05) is 45.5 Å². The van der Waals surface area contributed by atoms with Crippen molar-refractivity contribution in [3.05, 3.63) is 18.0 Å². The molecule has 1 amide bonds. The number of piperidine rings is 2. The maximum absolute atomic E-state index is 12.5. The SMILES string of the molecule is COCCN1CCC2(CC1)CCN(C(=O)c1cn[nH]c1)C[C@H]2CO. The Bertz CT molecular complexity index is 526. The first-order valence-electron chi connectivity index (χ1n) is 8.79. The van der Waals surface area contributed by atoms with E-state index in [0.29, 0.717) is 12.1 Å². The van der Waals surface area contributed by atoms with Gasteiger partial charge in [-0.05, 0) is 37.8 Å². The number of ether oxygens (including phenoxy) is 1. The highest BCUT2D eigenvalue weighted by atomic mass is 16.5. The number of hydrogen-bond donors (Lipinski definition) is 2. The fraction of sp³-hybridized carbons (Fsp3) is 0.765. The Balaban J connectivity index is 1.60. The maximum atomic E-state index is 12.5. The average Bonchev–Trinajstić information content (AvgIpc) is 3.16. The number of hydrogen-bond acceptors (Lipinski definition) is 5. The van der Waals surface area contributed by atoms with Crippen molar-refractivity contribution in [3.8, 4) is 0 Å². The van der Waals surface area contributed by atoms with Gasteiger partial charge in [0.15, 0.2) is 0 Å². The smallest absolute Gasteiger partial charge is 0.257 e. The number of rotatable bonds is 5. The van der Waals surface area contributed by atoms with Crippen LogP contribution in [-0.4, -0.2) is 84.1 Å². The van der Waals surface area contributed by atoms with Crippen molar-refractivity contribution in [1.82, 2.24) is 20.0 Å². The van der Waals surface area contributed by atoms with E-state index in [0.717, 1.165) is 52.0 Å². The molecule has 134 valence electrons. The molecule has 0 unspecified atom stereocenters. The number of likely N-dealkylation sites (tertiary alicyclic amines) is 2. The minimum atomic E-state index is 0.00887. The second-order valence-corrected chi connectivity index (χ2v) is 7.06. The fourth-order valence-electron chi connectivity index (χ4n) is 4.20. The van der Waals surface area contributed by atoms with Crippen LogP contribution in [-0.2, 0) is 4.74 Å². The Kier molecular flexibility index (Phi) is 5.53. The minimum Gasteiger partial charge on any atom is -0.396 e. The van der Waals surface area contributed by atoms with Crippen LogP contribution in [0.5, 0.6) is 0 Å². The Morgan fingerprint density at radius 3 is 2.79 bits per heavy atom. The normalized spacial score (nSPS) is 24.4. The van der Waals surface area contributed by atoms with Crippen LogP contribution >= 0.6 is 0 Å². The summed E-state index contributed by atoms with van der Waals surface area (Å²) < 4.78 is 5.17. The standard InChI is InChI=1S/C17H28N4O3/c1-24-9-8-20-5-2-17(3-6-20)4-7-21(12-15(17)13-22)16(23)14-10-18-19-11-14/h10-11,15,22H,2-9,12-13H2,1H3,(H,18,19)/t15-/m0/s1. The molecule has 1 aromatic rings. The van der Waals surface area contributed by atoms with Gasteiger partial charge in [-0.3, -0.25) is 9.89 Å². The summed E-state index contributed by atoms with van der Waals surface area (Å²) in [4.78, 5) is 16.8. The number of aromatic nitrogens is 2.